The minimum Gasteiger partial charge on any atom is -0.334 e. The summed E-state index contributed by atoms with van der Waals surface area (Å²) >= 11 is 0. The van der Waals surface area contributed by atoms with Crippen LogP contribution in [0.1, 0.15) is 5.56 Å². The van der Waals surface area contributed by atoms with Gasteiger partial charge in [-0.15, -0.1) is 0 Å². The van der Waals surface area contributed by atoms with Crippen molar-refractivity contribution in [3.8, 4) is 23.0 Å². The van der Waals surface area contributed by atoms with Crippen molar-refractivity contribution in [1.82, 2.24) is 19.9 Å². The topological polar surface area (TPSA) is 82.8 Å². The third kappa shape index (κ3) is 2.33. The number of rotatable bonds is 4. The molecule has 1 aromatic carbocycles. The molecule has 2 heterocycles. The molecule has 2 N–H and O–H groups in total. The third-order valence-corrected chi connectivity index (χ3v) is 3.03. The molecule has 3 rings (SSSR count). The Morgan fingerprint density at radius 3 is 2.85 bits per heavy atom. The molecule has 0 spiro atoms. The van der Waals surface area contributed by atoms with E-state index in [0.717, 1.165) is 17.5 Å². The van der Waals surface area contributed by atoms with Gasteiger partial charge in [0.25, 0.3) is 5.89 Å². The Hall–Kier alpha value is -2.47. The van der Waals surface area contributed by atoms with Crippen molar-refractivity contribution in [3.63, 3.8) is 0 Å². The van der Waals surface area contributed by atoms with E-state index in [0.29, 0.717) is 24.0 Å². The van der Waals surface area contributed by atoms with Crippen LogP contribution in [0.15, 0.2) is 41.1 Å². The van der Waals surface area contributed by atoms with Gasteiger partial charge in [0.05, 0.1) is 0 Å². The van der Waals surface area contributed by atoms with Gasteiger partial charge in [-0.1, -0.05) is 23.4 Å². The third-order valence-electron chi connectivity index (χ3n) is 3.03. The van der Waals surface area contributed by atoms with Crippen LogP contribution >= 0.6 is 0 Å². The molecule has 0 aliphatic heterocycles. The maximum absolute atomic E-state index is 5.63. The average Bonchev–Trinajstić information content (AvgIpc) is 3.08. The quantitative estimate of drug-likeness (QED) is 0.778. The van der Waals surface area contributed by atoms with Crippen molar-refractivity contribution in [2.75, 3.05) is 6.54 Å². The molecule has 0 atom stereocenters. The Morgan fingerprint density at radius 1 is 1.25 bits per heavy atom. The van der Waals surface area contributed by atoms with E-state index < -0.39 is 0 Å². The van der Waals surface area contributed by atoms with Crippen LogP contribution < -0.4 is 5.73 Å². The van der Waals surface area contributed by atoms with Crippen molar-refractivity contribution < 1.29 is 4.52 Å². The second-order valence-corrected chi connectivity index (χ2v) is 4.49. The minimum absolute atomic E-state index is 0.489. The highest BCUT2D eigenvalue weighted by Gasteiger charge is 2.14. The zero-order valence-electron chi connectivity index (χ0n) is 11.2. The first-order chi connectivity index (χ1) is 9.78. The average molecular weight is 269 g/mol. The summed E-state index contributed by atoms with van der Waals surface area (Å²) < 4.78 is 7.05. The second kappa shape index (κ2) is 5.26. The Morgan fingerprint density at radius 2 is 2.10 bits per heavy atom. The van der Waals surface area contributed by atoms with Crippen molar-refractivity contribution in [2.45, 2.75) is 6.42 Å². The molecular weight excluding hydrogens is 254 g/mol. The minimum atomic E-state index is 0.489. The second-order valence-electron chi connectivity index (χ2n) is 4.49. The zero-order valence-corrected chi connectivity index (χ0v) is 11.2. The van der Waals surface area contributed by atoms with E-state index in [4.69, 9.17) is 10.3 Å². The number of hydrogen-bond donors (Lipinski definition) is 1. The maximum atomic E-state index is 5.63. The smallest absolute Gasteiger partial charge is 0.258 e. The van der Waals surface area contributed by atoms with E-state index >= 15 is 0 Å². The molecule has 0 saturated carbocycles. The van der Waals surface area contributed by atoms with Gasteiger partial charge in [0.15, 0.2) is 0 Å². The first-order valence-electron chi connectivity index (χ1n) is 6.40. The summed E-state index contributed by atoms with van der Waals surface area (Å²) in [4.78, 5) is 4.41. The predicted octanol–water partition coefficient (Wildman–Crippen LogP) is 1.64. The summed E-state index contributed by atoms with van der Waals surface area (Å²) in [5.41, 5.74) is 8.35. The number of aryl methyl sites for hydroxylation is 1. The molecule has 0 amide bonds. The van der Waals surface area contributed by atoms with Crippen LogP contribution in [-0.4, -0.2) is 26.5 Å². The molecule has 6 heteroatoms. The Bertz CT molecular complexity index is 716. The van der Waals surface area contributed by atoms with Crippen LogP contribution in [0.2, 0.25) is 0 Å². The molecule has 6 nitrogen and oxygen atoms in total. The molecular formula is C14H15N5O. The number of benzene rings is 1. The summed E-state index contributed by atoms with van der Waals surface area (Å²) in [5, 5.41) is 8.24. The summed E-state index contributed by atoms with van der Waals surface area (Å²) in [6, 6.07) is 9.75. The molecule has 0 fully saturated rings. The number of aromatic nitrogens is 4. The lowest BCUT2D eigenvalue weighted by Crippen LogP contribution is -2.03. The van der Waals surface area contributed by atoms with Crippen LogP contribution in [0, 0.1) is 0 Å². The van der Waals surface area contributed by atoms with Crippen LogP contribution in [0.4, 0.5) is 0 Å². The van der Waals surface area contributed by atoms with Gasteiger partial charge >= 0.3 is 0 Å². The fourth-order valence-corrected chi connectivity index (χ4v) is 2.07. The standard InChI is InChI=1S/C14H15N5O/c1-19-9-7-12(17-19)13-16-14(20-18-13)11-5-3-2-4-10(11)6-8-15/h2-5,7,9H,6,8,15H2,1H3. The van der Waals surface area contributed by atoms with Crippen LogP contribution in [0.5, 0.6) is 0 Å². The molecule has 0 unspecified atom stereocenters. The molecule has 20 heavy (non-hydrogen) atoms. The Kier molecular flexibility index (Phi) is 3.30. The van der Waals surface area contributed by atoms with E-state index in [1.165, 1.54) is 0 Å². The maximum Gasteiger partial charge on any atom is 0.258 e. The normalized spacial score (nSPS) is 10.9. The predicted molar refractivity (Wildman–Crippen MR) is 74.7 cm³/mol. The van der Waals surface area contributed by atoms with E-state index in [1.807, 2.05) is 43.6 Å². The molecule has 2 aromatic heterocycles. The van der Waals surface area contributed by atoms with E-state index in [9.17, 15) is 0 Å². The summed E-state index contributed by atoms with van der Waals surface area (Å²) in [6.07, 6.45) is 2.62. The van der Waals surface area contributed by atoms with Gasteiger partial charge < -0.3 is 10.3 Å². The van der Waals surface area contributed by atoms with Gasteiger partial charge in [-0.05, 0) is 30.7 Å². The fourth-order valence-electron chi connectivity index (χ4n) is 2.07. The molecule has 3 aromatic rings. The molecule has 0 saturated heterocycles. The van der Waals surface area contributed by atoms with Gasteiger partial charge in [0.2, 0.25) is 5.82 Å². The van der Waals surface area contributed by atoms with Crippen LogP contribution in [0.25, 0.3) is 23.0 Å². The molecule has 0 radical (unpaired) electrons. The fraction of sp³-hybridized carbons (Fsp3) is 0.214. The highest BCUT2D eigenvalue weighted by molar-refractivity contribution is 5.61. The van der Waals surface area contributed by atoms with E-state index in [-0.39, 0.29) is 0 Å². The first-order valence-corrected chi connectivity index (χ1v) is 6.40. The Labute approximate surface area is 116 Å². The number of hydrogen-bond acceptors (Lipinski definition) is 5. The van der Waals surface area contributed by atoms with Crippen molar-refractivity contribution in [1.29, 1.82) is 0 Å². The molecule has 0 aliphatic rings. The monoisotopic (exact) mass is 269 g/mol. The van der Waals surface area contributed by atoms with Gasteiger partial charge in [0, 0.05) is 18.8 Å². The molecule has 0 aliphatic carbocycles. The van der Waals surface area contributed by atoms with Crippen molar-refractivity contribution in [2.24, 2.45) is 12.8 Å². The van der Waals surface area contributed by atoms with Gasteiger partial charge in [-0.3, -0.25) is 4.68 Å². The van der Waals surface area contributed by atoms with Gasteiger partial charge in [-0.25, -0.2) is 0 Å². The van der Waals surface area contributed by atoms with Crippen LogP contribution in [0.3, 0.4) is 0 Å². The van der Waals surface area contributed by atoms with Crippen LogP contribution in [-0.2, 0) is 13.5 Å². The lowest BCUT2D eigenvalue weighted by molar-refractivity contribution is 0.431. The SMILES string of the molecule is Cn1ccc(-c2noc(-c3ccccc3CCN)n2)n1. The highest BCUT2D eigenvalue weighted by atomic mass is 16.5. The largest absolute Gasteiger partial charge is 0.334 e. The highest BCUT2D eigenvalue weighted by Crippen LogP contribution is 2.24. The summed E-state index contributed by atoms with van der Waals surface area (Å²) in [7, 11) is 1.85. The summed E-state index contributed by atoms with van der Waals surface area (Å²) in [6.45, 7) is 0.582. The van der Waals surface area contributed by atoms with E-state index in [2.05, 4.69) is 15.2 Å². The van der Waals surface area contributed by atoms with Crippen molar-refractivity contribution >= 4 is 0 Å². The van der Waals surface area contributed by atoms with Gasteiger partial charge in [-0.2, -0.15) is 10.1 Å². The lowest BCUT2D eigenvalue weighted by Gasteiger charge is -2.03. The van der Waals surface area contributed by atoms with Crippen molar-refractivity contribution in [3.05, 3.63) is 42.1 Å². The zero-order chi connectivity index (χ0) is 13.9. The number of nitrogens with two attached hydrogens (primary N) is 1. The lowest BCUT2D eigenvalue weighted by atomic mass is 10.0. The molecule has 102 valence electrons. The number of nitrogens with zero attached hydrogens (tertiary/aromatic N) is 4. The first kappa shape index (κ1) is 12.6. The van der Waals surface area contributed by atoms with E-state index in [1.54, 1.807) is 4.68 Å². The molecule has 0 bridgehead atoms. The summed E-state index contributed by atoms with van der Waals surface area (Å²) in [5.74, 6) is 0.984. The Balaban J connectivity index is 1.98. The van der Waals surface area contributed by atoms with Gasteiger partial charge in [0.1, 0.15) is 5.69 Å².